The molecule has 0 aliphatic carbocycles. The Labute approximate surface area is 204 Å². The van der Waals surface area contributed by atoms with E-state index in [4.69, 9.17) is 9.47 Å². The number of carbonyl (C=O) groups is 2. The van der Waals surface area contributed by atoms with E-state index in [1.807, 2.05) is 53.7 Å². The third kappa shape index (κ3) is 7.75. The van der Waals surface area contributed by atoms with Gasteiger partial charge in [0.05, 0.1) is 5.56 Å². The van der Waals surface area contributed by atoms with Crippen LogP contribution in [-0.2, 0) is 6.42 Å². The summed E-state index contributed by atoms with van der Waals surface area (Å²) in [4.78, 5) is 26.6. The van der Waals surface area contributed by atoms with Gasteiger partial charge in [0.15, 0.2) is 5.78 Å². The standard InChI is InChI=1S/C29H39NO4/c1-10-11-21-16-19-25(33-28(2,3)4)23(26(21)34-29(5,6)7)17-18-24(31)20-12-14-22(15-13-20)27(32)30(8)9/h12-19H,10-11H2,1-9H3/b18-17+. The van der Waals surface area contributed by atoms with Crippen molar-refractivity contribution < 1.29 is 19.1 Å². The Morgan fingerprint density at radius 2 is 1.41 bits per heavy atom. The number of ether oxygens (including phenoxy) is 2. The summed E-state index contributed by atoms with van der Waals surface area (Å²) in [7, 11) is 3.40. The zero-order valence-corrected chi connectivity index (χ0v) is 22.1. The zero-order chi connectivity index (χ0) is 25.7. The topological polar surface area (TPSA) is 55.8 Å². The highest BCUT2D eigenvalue weighted by Crippen LogP contribution is 2.38. The van der Waals surface area contributed by atoms with Crippen LogP contribution in [-0.4, -0.2) is 41.9 Å². The van der Waals surface area contributed by atoms with Gasteiger partial charge in [-0.1, -0.05) is 31.5 Å². The van der Waals surface area contributed by atoms with Crippen LogP contribution in [0.1, 0.15) is 86.7 Å². The highest BCUT2D eigenvalue weighted by Gasteiger charge is 2.23. The van der Waals surface area contributed by atoms with Crippen molar-refractivity contribution in [2.45, 2.75) is 72.5 Å². The third-order valence-corrected chi connectivity index (χ3v) is 4.81. The van der Waals surface area contributed by atoms with Gasteiger partial charge in [-0.15, -0.1) is 0 Å². The third-order valence-electron chi connectivity index (χ3n) is 4.81. The highest BCUT2D eigenvalue weighted by atomic mass is 16.5. The second-order valence-electron chi connectivity index (χ2n) is 10.6. The molecule has 34 heavy (non-hydrogen) atoms. The van der Waals surface area contributed by atoms with E-state index in [0.29, 0.717) is 16.9 Å². The van der Waals surface area contributed by atoms with E-state index in [1.165, 1.54) is 4.90 Å². The molecule has 0 aliphatic heterocycles. The normalized spacial score (nSPS) is 12.0. The summed E-state index contributed by atoms with van der Waals surface area (Å²) in [5.74, 6) is 1.15. The number of allylic oxidation sites excluding steroid dienone is 1. The Bertz CT molecular complexity index is 1040. The highest BCUT2D eigenvalue weighted by molar-refractivity contribution is 6.07. The summed E-state index contributed by atoms with van der Waals surface area (Å²) in [6.45, 7) is 14.1. The second-order valence-corrected chi connectivity index (χ2v) is 10.6. The van der Waals surface area contributed by atoms with Crippen LogP contribution < -0.4 is 9.47 Å². The predicted molar refractivity (Wildman–Crippen MR) is 139 cm³/mol. The smallest absolute Gasteiger partial charge is 0.253 e. The number of hydrogen-bond donors (Lipinski definition) is 0. The van der Waals surface area contributed by atoms with E-state index in [0.717, 1.165) is 29.7 Å². The molecule has 0 fully saturated rings. The minimum atomic E-state index is -0.412. The summed E-state index contributed by atoms with van der Waals surface area (Å²) in [6, 6.07) is 10.7. The van der Waals surface area contributed by atoms with Gasteiger partial charge in [-0.2, -0.15) is 0 Å². The molecule has 0 aliphatic rings. The molecule has 0 unspecified atom stereocenters. The SMILES string of the molecule is CCCc1ccc(OC(C)(C)C)c(/C=C/C(=O)c2ccc(C(=O)N(C)C)cc2)c1OC(C)(C)C. The molecule has 0 radical (unpaired) electrons. The lowest BCUT2D eigenvalue weighted by atomic mass is 10.0. The van der Waals surface area contributed by atoms with Crippen LogP contribution in [0.15, 0.2) is 42.5 Å². The molecule has 0 N–H and O–H groups in total. The Kier molecular flexibility index (Phi) is 8.71. The van der Waals surface area contributed by atoms with Crippen LogP contribution in [0, 0.1) is 0 Å². The van der Waals surface area contributed by atoms with Crippen LogP contribution >= 0.6 is 0 Å². The first-order chi connectivity index (χ1) is 15.7. The van der Waals surface area contributed by atoms with E-state index < -0.39 is 11.2 Å². The number of aryl methyl sites for hydroxylation is 1. The van der Waals surface area contributed by atoms with Crippen molar-refractivity contribution in [3.8, 4) is 11.5 Å². The fourth-order valence-electron chi connectivity index (χ4n) is 3.39. The summed E-state index contributed by atoms with van der Waals surface area (Å²) >= 11 is 0. The van der Waals surface area contributed by atoms with Gasteiger partial charge in [0.2, 0.25) is 0 Å². The molecule has 0 aromatic heterocycles. The molecule has 0 bridgehead atoms. The molecule has 0 spiro atoms. The fraction of sp³-hybridized carbons (Fsp3) is 0.448. The maximum absolute atomic E-state index is 13.0. The number of amides is 1. The number of benzene rings is 2. The molecule has 2 rings (SSSR count). The van der Waals surface area contributed by atoms with Gasteiger partial charge in [0.1, 0.15) is 22.7 Å². The Morgan fingerprint density at radius 1 is 0.853 bits per heavy atom. The first-order valence-corrected chi connectivity index (χ1v) is 11.8. The Morgan fingerprint density at radius 3 is 1.91 bits per heavy atom. The lowest BCUT2D eigenvalue weighted by Crippen LogP contribution is -2.26. The average molecular weight is 466 g/mol. The molecule has 2 aromatic carbocycles. The van der Waals surface area contributed by atoms with Crippen LogP contribution in [0.25, 0.3) is 6.08 Å². The van der Waals surface area contributed by atoms with Crippen molar-refractivity contribution >= 4 is 17.8 Å². The number of rotatable bonds is 8. The van der Waals surface area contributed by atoms with E-state index in [-0.39, 0.29) is 11.7 Å². The summed E-state index contributed by atoms with van der Waals surface area (Å²) in [6.07, 6.45) is 5.15. The van der Waals surface area contributed by atoms with E-state index in [9.17, 15) is 9.59 Å². The molecule has 2 aromatic rings. The molecule has 5 nitrogen and oxygen atoms in total. The van der Waals surface area contributed by atoms with Gasteiger partial charge < -0.3 is 14.4 Å². The Balaban J connectivity index is 2.50. The van der Waals surface area contributed by atoms with Gasteiger partial charge >= 0.3 is 0 Å². The molecular weight excluding hydrogens is 426 g/mol. The summed E-state index contributed by atoms with van der Waals surface area (Å²) in [5, 5.41) is 0. The minimum Gasteiger partial charge on any atom is -0.487 e. The van der Waals surface area contributed by atoms with Gasteiger partial charge in [0.25, 0.3) is 5.91 Å². The maximum Gasteiger partial charge on any atom is 0.253 e. The largest absolute Gasteiger partial charge is 0.487 e. The van der Waals surface area contributed by atoms with Crippen molar-refractivity contribution in [3.63, 3.8) is 0 Å². The van der Waals surface area contributed by atoms with Gasteiger partial charge in [-0.3, -0.25) is 9.59 Å². The summed E-state index contributed by atoms with van der Waals surface area (Å²) in [5.41, 5.74) is 2.06. The van der Waals surface area contributed by atoms with Crippen LogP contribution in [0.4, 0.5) is 0 Å². The van der Waals surface area contributed by atoms with Crippen molar-refractivity contribution in [1.29, 1.82) is 0 Å². The fourth-order valence-corrected chi connectivity index (χ4v) is 3.39. The molecule has 1 amide bonds. The summed E-state index contributed by atoms with van der Waals surface area (Å²) < 4.78 is 12.6. The molecule has 5 heteroatoms. The maximum atomic E-state index is 13.0. The second kappa shape index (κ2) is 10.9. The van der Waals surface area contributed by atoms with Crippen molar-refractivity contribution in [3.05, 3.63) is 64.7 Å². The van der Waals surface area contributed by atoms with Gasteiger partial charge in [0, 0.05) is 25.2 Å². The molecule has 0 atom stereocenters. The number of carbonyl (C=O) groups excluding carboxylic acids is 2. The monoisotopic (exact) mass is 465 g/mol. The average Bonchev–Trinajstić information content (AvgIpc) is 2.72. The first-order valence-electron chi connectivity index (χ1n) is 11.8. The number of nitrogens with zero attached hydrogens (tertiary/aromatic N) is 1. The van der Waals surface area contributed by atoms with Crippen LogP contribution in [0.5, 0.6) is 11.5 Å². The lowest BCUT2D eigenvalue weighted by molar-refractivity contribution is 0.0827. The Hall–Kier alpha value is -3.08. The number of hydrogen-bond acceptors (Lipinski definition) is 4. The van der Waals surface area contributed by atoms with Crippen LogP contribution in [0.3, 0.4) is 0 Å². The van der Waals surface area contributed by atoms with E-state index in [1.54, 1.807) is 50.5 Å². The van der Waals surface area contributed by atoms with Crippen LogP contribution in [0.2, 0.25) is 0 Å². The van der Waals surface area contributed by atoms with Crippen molar-refractivity contribution in [1.82, 2.24) is 4.90 Å². The lowest BCUT2D eigenvalue weighted by Gasteiger charge is -2.28. The molecule has 0 heterocycles. The zero-order valence-electron chi connectivity index (χ0n) is 22.1. The van der Waals surface area contributed by atoms with E-state index in [2.05, 4.69) is 6.92 Å². The van der Waals surface area contributed by atoms with Crippen molar-refractivity contribution in [2.24, 2.45) is 0 Å². The van der Waals surface area contributed by atoms with Gasteiger partial charge in [-0.25, -0.2) is 0 Å². The predicted octanol–water partition coefficient (Wildman–Crippen LogP) is 6.59. The molecule has 0 saturated carbocycles. The van der Waals surface area contributed by atoms with E-state index >= 15 is 0 Å². The minimum absolute atomic E-state index is 0.102. The first kappa shape index (κ1) is 27.2. The molecular formula is C29H39NO4. The molecule has 0 saturated heterocycles. The van der Waals surface area contributed by atoms with Gasteiger partial charge in [-0.05, 0) is 83.9 Å². The quantitative estimate of drug-likeness (QED) is 0.326. The molecule has 184 valence electrons. The van der Waals surface area contributed by atoms with Crippen molar-refractivity contribution in [2.75, 3.05) is 14.1 Å². The number of ketones is 1.